The van der Waals surface area contributed by atoms with Gasteiger partial charge in [-0.15, -0.1) is 0 Å². The number of piperazine rings is 1. The van der Waals surface area contributed by atoms with Crippen LogP contribution in [0, 0.1) is 24.4 Å². The topological polar surface area (TPSA) is 100 Å². The molecule has 2 N–H and O–H groups in total. The van der Waals surface area contributed by atoms with Gasteiger partial charge < -0.3 is 29.9 Å². The maximum Gasteiger partial charge on any atom is 0.293 e. The van der Waals surface area contributed by atoms with E-state index in [1.165, 1.54) is 0 Å². The first kappa shape index (κ1) is 35.7. The van der Waals surface area contributed by atoms with Gasteiger partial charge in [0.1, 0.15) is 6.10 Å². The van der Waals surface area contributed by atoms with Gasteiger partial charge in [-0.25, -0.2) is 8.78 Å². The summed E-state index contributed by atoms with van der Waals surface area (Å²) in [6, 6.07) is 16.9. The van der Waals surface area contributed by atoms with E-state index < -0.39 is 29.2 Å². The lowest BCUT2D eigenvalue weighted by Crippen LogP contribution is -2.63. The van der Waals surface area contributed by atoms with Crippen LogP contribution >= 0.6 is 0 Å². The van der Waals surface area contributed by atoms with Crippen LogP contribution in [0.2, 0.25) is 0 Å². The number of rotatable bonds is 13. The second-order valence-corrected chi connectivity index (χ2v) is 14.2. The lowest BCUT2D eigenvalue weighted by molar-refractivity contribution is -0.137. The van der Waals surface area contributed by atoms with E-state index in [9.17, 15) is 27.6 Å². The van der Waals surface area contributed by atoms with Gasteiger partial charge in [0.2, 0.25) is 11.7 Å². The third-order valence-corrected chi connectivity index (χ3v) is 10.6. The van der Waals surface area contributed by atoms with Gasteiger partial charge in [-0.1, -0.05) is 48.5 Å². The number of fused-ring (bicyclic) bond motifs is 2. The van der Waals surface area contributed by atoms with Crippen molar-refractivity contribution in [3.63, 3.8) is 0 Å². The van der Waals surface area contributed by atoms with Crippen LogP contribution < -0.4 is 15.4 Å². The van der Waals surface area contributed by atoms with Crippen LogP contribution in [-0.4, -0.2) is 84.6 Å². The maximum absolute atomic E-state index is 14.8. The zero-order valence-corrected chi connectivity index (χ0v) is 29.1. The molecule has 1 aliphatic carbocycles. The molecule has 3 aliphatic heterocycles. The fourth-order valence-corrected chi connectivity index (χ4v) is 7.68. The van der Waals surface area contributed by atoms with Crippen molar-refractivity contribution >= 4 is 23.9 Å². The molecule has 3 aromatic carbocycles. The fourth-order valence-electron chi connectivity index (χ4n) is 7.68. The average molecular weight is 717 g/mol. The molecule has 274 valence electrons. The van der Waals surface area contributed by atoms with E-state index in [2.05, 4.69) is 29.7 Å². The normalized spacial score (nSPS) is 22.7. The number of nitrogens with zero attached hydrogens (tertiary/aromatic N) is 2. The molecule has 0 spiro atoms. The van der Waals surface area contributed by atoms with E-state index in [0.29, 0.717) is 63.9 Å². The highest BCUT2D eigenvalue weighted by atomic mass is 19.2. The van der Waals surface area contributed by atoms with Crippen LogP contribution in [0.1, 0.15) is 54.4 Å². The summed E-state index contributed by atoms with van der Waals surface area (Å²) in [4.78, 5) is 43.3. The molecule has 3 heterocycles. The molecule has 12 heteroatoms. The summed E-state index contributed by atoms with van der Waals surface area (Å²) in [5.74, 6) is -4.25. The second-order valence-electron chi connectivity index (χ2n) is 14.2. The molecule has 2 saturated heterocycles. The Morgan fingerprint density at radius 3 is 2.52 bits per heavy atom. The number of nitrogens with one attached hydrogen (secondary N) is 2. The van der Waals surface area contributed by atoms with Gasteiger partial charge in [-0.2, -0.15) is 4.39 Å². The molecule has 1 saturated carbocycles. The minimum absolute atomic E-state index is 0.00608. The lowest BCUT2D eigenvalue weighted by atomic mass is 9.82. The van der Waals surface area contributed by atoms with E-state index in [1.807, 2.05) is 46.2 Å². The Hall–Kier alpha value is -4.68. The van der Waals surface area contributed by atoms with Gasteiger partial charge in [0.05, 0.1) is 18.7 Å². The molecule has 3 fully saturated rings. The van der Waals surface area contributed by atoms with Gasteiger partial charge in [-0.05, 0) is 79.0 Å². The first-order valence-electron chi connectivity index (χ1n) is 18.0. The van der Waals surface area contributed by atoms with Crippen molar-refractivity contribution in [3.8, 4) is 5.75 Å². The largest absolute Gasteiger partial charge is 0.488 e. The summed E-state index contributed by atoms with van der Waals surface area (Å²) in [6.07, 6.45) is 3.52. The van der Waals surface area contributed by atoms with Crippen molar-refractivity contribution in [2.24, 2.45) is 0 Å². The SMILES string of the molecule is Cc1ccccc1CN(C(=O)C1=C(c2ccc(CCCOc3c(F)ccc(F)c3F)cc2)C[C@H]2CN(C(=O)C3C[C@@H](OC=O)CN3)C[C@H]1N2)C1CC1. The van der Waals surface area contributed by atoms with Gasteiger partial charge in [-0.3, -0.25) is 14.4 Å². The standard InChI is InChI=1S/C40H43F3N4O5/c1-24-5-2-3-7-27(24)20-47(29-12-13-29)40(50)36-31(17-28-21-46(22-35(36)45-28)39(49)34-18-30(19-44-34)52-23-48)26-10-8-25(9-11-26)6-4-16-51-38-33(42)15-14-32(41)37(38)43/h2-3,5,7-11,14-15,23,28-30,34-35,44-45H,4,6,12-13,16-22H2,1H3/t28-,30+,34?,35+/m0/s1. The number of hydrogen-bond donors (Lipinski definition) is 2. The minimum Gasteiger partial charge on any atom is -0.488 e. The molecular weight excluding hydrogens is 673 g/mol. The number of benzene rings is 3. The number of carbonyl (C=O) groups is 3. The zero-order valence-electron chi connectivity index (χ0n) is 29.1. The van der Waals surface area contributed by atoms with Crippen molar-refractivity contribution in [1.29, 1.82) is 0 Å². The average Bonchev–Trinajstić information content (AvgIpc) is 3.88. The Kier molecular flexibility index (Phi) is 10.7. The molecule has 4 aliphatic rings. The van der Waals surface area contributed by atoms with Crippen LogP contribution in [0.4, 0.5) is 13.2 Å². The smallest absolute Gasteiger partial charge is 0.293 e. The van der Waals surface area contributed by atoms with Gasteiger partial charge in [0.25, 0.3) is 12.4 Å². The van der Waals surface area contributed by atoms with Crippen molar-refractivity contribution in [2.75, 3.05) is 26.2 Å². The van der Waals surface area contributed by atoms with Crippen LogP contribution in [0.25, 0.3) is 5.57 Å². The third-order valence-electron chi connectivity index (χ3n) is 10.6. The summed E-state index contributed by atoms with van der Waals surface area (Å²) in [7, 11) is 0. The number of carbonyl (C=O) groups excluding carboxylic acids is 3. The quantitative estimate of drug-likeness (QED) is 0.148. The Labute approximate surface area is 301 Å². The summed E-state index contributed by atoms with van der Waals surface area (Å²) >= 11 is 0. The predicted octanol–water partition coefficient (Wildman–Crippen LogP) is 4.84. The van der Waals surface area contributed by atoms with Gasteiger partial charge in [0.15, 0.2) is 17.4 Å². The van der Waals surface area contributed by atoms with E-state index in [1.54, 1.807) is 0 Å². The van der Waals surface area contributed by atoms with Crippen molar-refractivity contribution < 1.29 is 37.0 Å². The monoisotopic (exact) mass is 716 g/mol. The van der Waals surface area contributed by atoms with E-state index in [0.717, 1.165) is 52.8 Å². The van der Waals surface area contributed by atoms with Crippen molar-refractivity contribution in [2.45, 2.75) is 82.3 Å². The predicted molar refractivity (Wildman–Crippen MR) is 187 cm³/mol. The molecule has 2 bridgehead atoms. The first-order chi connectivity index (χ1) is 25.2. The number of amides is 2. The number of aryl methyl sites for hydroxylation is 2. The van der Waals surface area contributed by atoms with Crippen LogP contribution in [0.3, 0.4) is 0 Å². The fraction of sp³-hybridized carbons (Fsp3) is 0.425. The summed E-state index contributed by atoms with van der Waals surface area (Å²) in [5, 5.41) is 6.86. The minimum atomic E-state index is -1.34. The van der Waals surface area contributed by atoms with Gasteiger partial charge >= 0.3 is 0 Å². The molecule has 2 amide bonds. The number of halogens is 3. The van der Waals surface area contributed by atoms with Crippen LogP contribution in [-0.2, 0) is 32.1 Å². The molecule has 1 unspecified atom stereocenters. The highest BCUT2D eigenvalue weighted by molar-refractivity contribution is 6.03. The Morgan fingerprint density at radius 2 is 1.77 bits per heavy atom. The number of hydrogen-bond acceptors (Lipinski definition) is 7. The number of ether oxygens (including phenoxy) is 2. The summed E-state index contributed by atoms with van der Waals surface area (Å²) < 4.78 is 51.9. The molecule has 52 heavy (non-hydrogen) atoms. The second kappa shape index (κ2) is 15.5. The lowest BCUT2D eigenvalue weighted by Gasteiger charge is -2.45. The molecule has 7 rings (SSSR count). The third kappa shape index (κ3) is 7.73. The highest BCUT2D eigenvalue weighted by Crippen LogP contribution is 2.38. The Morgan fingerprint density at radius 1 is 1.00 bits per heavy atom. The highest BCUT2D eigenvalue weighted by Gasteiger charge is 2.45. The van der Waals surface area contributed by atoms with Crippen LogP contribution in [0.15, 0.2) is 66.2 Å². The molecular formula is C40H43F3N4O5. The molecule has 4 atom stereocenters. The maximum atomic E-state index is 14.8. The Bertz CT molecular complexity index is 1850. The molecule has 0 aromatic heterocycles. The summed E-state index contributed by atoms with van der Waals surface area (Å²) in [5.41, 5.74) is 5.78. The Balaban J connectivity index is 1.12. The molecule has 3 aromatic rings. The van der Waals surface area contributed by atoms with E-state index >= 15 is 0 Å². The zero-order chi connectivity index (χ0) is 36.4. The van der Waals surface area contributed by atoms with Crippen LogP contribution in [0.5, 0.6) is 5.75 Å². The first-order valence-corrected chi connectivity index (χ1v) is 18.0. The van der Waals surface area contributed by atoms with Crippen molar-refractivity contribution in [3.05, 3.63) is 106 Å². The van der Waals surface area contributed by atoms with E-state index in [-0.39, 0.29) is 42.7 Å². The molecule has 0 radical (unpaired) electrons. The van der Waals surface area contributed by atoms with E-state index in [4.69, 9.17) is 9.47 Å². The van der Waals surface area contributed by atoms with Crippen molar-refractivity contribution in [1.82, 2.24) is 20.4 Å². The summed E-state index contributed by atoms with van der Waals surface area (Å²) in [6.45, 7) is 4.22. The molecule has 9 nitrogen and oxygen atoms in total. The van der Waals surface area contributed by atoms with Gasteiger partial charge in [0, 0.05) is 50.3 Å².